The van der Waals surface area contributed by atoms with E-state index in [-0.39, 0.29) is 55.1 Å². The van der Waals surface area contributed by atoms with E-state index in [0.29, 0.717) is 5.75 Å². The van der Waals surface area contributed by atoms with Crippen molar-refractivity contribution in [2.45, 2.75) is 6.04 Å². The minimum atomic E-state index is -1.19. The van der Waals surface area contributed by atoms with Gasteiger partial charge in [-0.05, 0) is 0 Å². The molecule has 0 aliphatic carbocycles. The van der Waals surface area contributed by atoms with Gasteiger partial charge in [-0.2, -0.15) is 0 Å². The maximum atomic E-state index is 10.9. The molecule has 0 saturated heterocycles. The van der Waals surface area contributed by atoms with Gasteiger partial charge in [0.25, 0.3) is 0 Å². The van der Waals surface area contributed by atoms with Crippen molar-refractivity contribution in [1.82, 2.24) is 6.15 Å². The zero-order chi connectivity index (χ0) is 8.85. The van der Waals surface area contributed by atoms with Crippen LogP contribution < -0.4 is 11.9 Å². The SMILES string of the molecule is C=CCS(=O)C[C@H](N)C(=O)O.N.[Al].[In]. The minimum Gasteiger partial charge on any atom is -0.480 e. The number of nitrogens with two attached hydrogens (primary N) is 1. The first-order valence-corrected chi connectivity index (χ1v) is 4.51. The molecule has 14 heavy (non-hydrogen) atoms. The second kappa shape index (κ2) is 13.7. The predicted molar refractivity (Wildman–Crippen MR) is 60.2 cm³/mol. The third-order valence-electron chi connectivity index (χ3n) is 0.986. The number of rotatable bonds is 5. The summed E-state index contributed by atoms with van der Waals surface area (Å²) in [4.78, 5) is 10.2. The van der Waals surface area contributed by atoms with Crippen LogP contribution in [0.4, 0.5) is 0 Å². The van der Waals surface area contributed by atoms with Gasteiger partial charge in [-0.3, -0.25) is 9.00 Å². The number of hydrogen-bond donors (Lipinski definition) is 3. The van der Waals surface area contributed by atoms with Gasteiger partial charge in [-0.1, -0.05) is 6.08 Å². The molecule has 0 fully saturated rings. The van der Waals surface area contributed by atoms with Crippen molar-refractivity contribution in [2.24, 2.45) is 5.73 Å². The molecule has 0 bridgehead atoms. The molecule has 0 spiro atoms. The molecule has 0 rings (SSSR count). The molecule has 6 N–H and O–H groups in total. The number of hydrogen-bond acceptors (Lipinski definition) is 4. The number of carboxylic acid groups (broad SMARTS) is 1. The average molecular weight is 336 g/mol. The Morgan fingerprint density at radius 3 is 2.36 bits per heavy atom. The minimum absolute atomic E-state index is 0. The van der Waals surface area contributed by atoms with Crippen LogP contribution in [0.5, 0.6) is 0 Å². The number of carboxylic acids is 1. The maximum Gasteiger partial charge on any atom is 0.321 e. The van der Waals surface area contributed by atoms with E-state index in [1.165, 1.54) is 6.08 Å². The second-order valence-electron chi connectivity index (χ2n) is 2.01. The summed E-state index contributed by atoms with van der Waals surface area (Å²) >= 11 is 0. The van der Waals surface area contributed by atoms with Gasteiger partial charge in [0.15, 0.2) is 0 Å². The van der Waals surface area contributed by atoms with E-state index in [9.17, 15) is 9.00 Å². The fraction of sp³-hybridized carbons (Fsp3) is 0.500. The molecule has 0 amide bonds. The Bertz CT molecular complexity index is 194. The number of aliphatic carboxylic acids is 1. The third-order valence-corrected chi connectivity index (χ3v) is 2.32. The molecule has 2 atom stereocenters. The monoisotopic (exact) mass is 336 g/mol. The van der Waals surface area contributed by atoms with Crippen molar-refractivity contribution in [3.63, 3.8) is 0 Å². The van der Waals surface area contributed by atoms with Gasteiger partial charge >= 0.3 is 5.97 Å². The summed E-state index contributed by atoms with van der Waals surface area (Å²) in [7, 11) is -1.19. The molecule has 5 nitrogen and oxygen atoms in total. The molecule has 0 aromatic carbocycles. The van der Waals surface area contributed by atoms with Crippen molar-refractivity contribution in [3.05, 3.63) is 12.7 Å². The van der Waals surface area contributed by atoms with Crippen molar-refractivity contribution in [3.8, 4) is 0 Å². The molecule has 6 radical (unpaired) electrons. The summed E-state index contributed by atoms with van der Waals surface area (Å²) in [5.74, 6) is -0.843. The van der Waals surface area contributed by atoms with Crippen molar-refractivity contribution in [1.29, 1.82) is 0 Å². The molecule has 0 aromatic rings. The van der Waals surface area contributed by atoms with E-state index < -0.39 is 22.8 Å². The van der Waals surface area contributed by atoms with E-state index in [1.54, 1.807) is 0 Å². The van der Waals surface area contributed by atoms with Crippen LogP contribution in [-0.4, -0.2) is 76.0 Å². The van der Waals surface area contributed by atoms with E-state index >= 15 is 0 Å². The third kappa shape index (κ3) is 12.7. The van der Waals surface area contributed by atoms with Crippen molar-refractivity contribution in [2.75, 3.05) is 11.5 Å². The maximum absolute atomic E-state index is 10.9. The summed E-state index contributed by atoms with van der Waals surface area (Å²) in [5.41, 5.74) is 5.12. The van der Waals surface area contributed by atoms with Crippen molar-refractivity contribution < 1.29 is 14.1 Å². The van der Waals surface area contributed by atoms with Gasteiger partial charge in [0, 0.05) is 65.5 Å². The van der Waals surface area contributed by atoms with Crippen LogP contribution in [0.1, 0.15) is 0 Å². The van der Waals surface area contributed by atoms with Crippen molar-refractivity contribution >= 4 is 60.0 Å². The summed E-state index contributed by atoms with van der Waals surface area (Å²) in [5, 5.41) is 8.31. The molecule has 78 valence electrons. The standard InChI is InChI=1S/C6H11NO3S.Al.In.H3N/c1-2-3-11(10)4-5(7)6(8)9;;;/h2,5H,1,3-4,7H2,(H,8,9);;;1H3/t5-,11?;;;/m0.../s1. The topological polar surface area (TPSA) is 115 Å². The molecular formula is C6H14AlInN2O3S. The van der Waals surface area contributed by atoms with E-state index in [0.717, 1.165) is 0 Å². The van der Waals surface area contributed by atoms with Gasteiger partial charge < -0.3 is 17.0 Å². The van der Waals surface area contributed by atoms with Gasteiger partial charge in [0.05, 0.1) is 0 Å². The summed E-state index contributed by atoms with van der Waals surface area (Å²) in [6.07, 6.45) is 1.48. The second-order valence-corrected chi connectivity index (χ2v) is 3.55. The van der Waals surface area contributed by atoms with Crippen LogP contribution in [0.2, 0.25) is 0 Å². The van der Waals surface area contributed by atoms with Crippen LogP contribution >= 0.6 is 0 Å². The zero-order valence-electron chi connectivity index (χ0n) is 7.89. The zero-order valence-corrected chi connectivity index (χ0v) is 13.2. The average Bonchev–Trinajstić information content (AvgIpc) is 1.87. The Hall–Kier alpha value is 0.683. The summed E-state index contributed by atoms with van der Waals surface area (Å²) in [6.45, 7) is 3.37. The Morgan fingerprint density at radius 1 is 1.64 bits per heavy atom. The van der Waals surface area contributed by atoms with Crippen LogP contribution in [0, 0.1) is 0 Å². The van der Waals surface area contributed by atoms with Gasteiger partial charge in [-0.15, -0.1) is 6.58 Å². The fourth-order valence-corrected chi connectivity index (χ4v) is 1.41. The Balaban J connectivity index is -0.000000167. The van der Waals surface area contributed by atoms with E-state index in [2.05, 4.69) is 6.58 Å². The predicted octanol–water partition coefficient (Wildman–Crippen LogP) is -1.27. The molecule has 0 saturated carbocycles. The quantitative estimate of drug-likeness (QED) is 0.428. The molecular weight excluding hydrogens is 322 g/mol. The van der Waals surface area contributed by atoms with Gasteiger partial charge in [0.1, 0.15) is 6.04 Å². The Kier molecular flexibility index (Phi) is 23.5. The normalized spacial score (nSPS) is 12.1. The molecule has 0 aliphatic heterocycles. The van der Waals surface area contributed by atoms with Gasteiger partial charge in [-0.25, -0.2) is 0 Å². The van der Waals surface area contributed by atoms with E-state index in [1.807, 2.05) is 0 Å². The van der Waals surface area contributed by atoms with E-state index in [4.69, 9.17) is 10.8 Å². The Morgan fingerprint density at radius 2 is 2.07 bits per heavy atom. The largest absolute Gasteiger partial charge is 0.480 e. The van der Waals surface area contributed by atoms with Gasteiger partial charge in [0.2, 0.25) is 0 Å². The number of carbonyl (C=O) groups is 1. The molecule has 8 heteroatoms. The first-order valence-electron chi connectivity index (χ1n) is 3.02. The molecule has 0 heterocycles. The van der Waals surface area contributed by atoms with Crippen LogP contribution in [-0.2, 0) is 15.6 Å². The molecule has 0 aliphatic rings. The molecule has 1 unspecified atom stereocenters. The first kappa shape index (κ1) is 24.1. The molecule has 0 aromatic heterocycles. The fourth-order valence-electron chi connectivity index (χ4n) is 0.471. The Labute approximate surface area is 115 Å². The first-order chi connectivity index (χ1) is 5.07. The smallest absolute Gasteiger partial charge is 0.321 e. The summed E-state index contributed by atoms with van der Waals surface area (Å²) < 4.78 is 10.9. The van der Waals surface area contributed by atoms with Crippen LogP contribution in [0.3, 0.4) is 0 Å². The summed E-state index contributed by atoms with van der Waals surface area (Å²) in [6, 6.07) is -1.03. The van der Waals surface area contributed by atoms with Crippen LogP contribution in [0.25, 0.3) is 0 Å². The van der Waals surface area contributed by atoms with Crippen LogP contribution in [0.15, 0.2) is 12.7 Å².